The average molecular weight is 352 g/mol. The van der Waals surface area contributed by atoms with Crippen LogP contribution in [0.15, 0.2) is 41.0 Å². The molecule has 0 bridgehead atoms. The molecule has 1 unspecified atom stereocenters. The summed E-state index contributed by atoms with van der Waals surface area (Å²) in [4.78, 5) is 15.2. The van der Waals surface area contributed by atoms with Gasteiger partial charge in [-0.05, 0) is 87.0 Å². The third kappa shape index (κ3) is 3.85. The molecule has 138 valence electrons. The van der Waals surface area contributed by atoms with Crippen LogP contribution < -0.4 is 5.32 Å². The van der Waals surface area contributed by atoms with Crippen LogP contribution in [-0.4, -0.2) is 30.4 Å². The predicted octanol–water partition coefficient (Wildman–Crippen LogP) is 4.12. The second-order valence-corrected chi connectivity index (χ2v) is 7.53. The van der Waals surface area contributed by atoms with E-state index in [2.05, 4.69) is 22.3 Å². The first kappa shape index (κ1) is 17.3. The molecule has 1 atom stereocenters. The number of aryl methyl sites for hydroxylation is 2. The van der Waals surface area contributed by atoms with E-state index < -0.39 is 0 Å². The number of amides is 1. The zero-order chi connectivity index (χ0) is 17.8. The van der Waals surface area contributed by atoms with Crippen LogP contribution >= 0.6 is 0 Å². The van der Waals surface area contributed by atoms with Crippen molar-refractivity contribution in [2.75, 3.05) is 19.6 Å². The van der Waals surface area contributed by atoms with Gasteiger partial charge in [-0.3, -0.25) is 9.69 Å². The normalized spacial score (nSPS) is 18.9. The molecule has 0 saturated carbocycles. The fourth-order valence-electron chi connectivity index (χ4n) is 4.29. The lowest BCUT2D eigenvalue weighted by molar-refractivity contribution is 0.0914. The maximum atomic E-state index is 12.7. The van der Waals surface area contributed by atoms with Crippen LogP contribution in [0.1, 0.15) is 65.4 Å². The van der Waals surface area contributed by atoms with E-state index in [9.17, 15) is 4.79 Å². The van der Waals surface area contributed by atoms with Crippen molar-refractivity contribution < 1.29 is 9.21 Å². The number of hydrogen-bond donors (Lipinski definition) is 1. The number of nitrogens with zero attached hydrogens (tertiary/aromatic N) is 1. The van der Waals surface area contributed by atoms with Crippen molar-refractivity contribution in [2.24, 2.45) is 0 Å². The summed E-state index contributed by atoms with van der Waals surface area (Å²) in [7, 11) is 0. The fourth-order valence-corrected chi connectivity index (χ4v) is 4.29. The highest BCUT2D eigenvalue weighted by Crippen LogP contribution is 2.25. The number of likely N-dealkylation sites (tertiary alicyclic amines) is 1. The highest BCUT2D eigenvalue weighted by molar-refractivity contribution is 5.94. The molecule has 2 heterocycles. The van der Waals surface area contributed by atoms with Crippen LogP contribution in [0.5, 0.6) is 0 Å². The van der Waals surface area contributed by atoms with Crippen molar-refractivity contribution in [1.82, 2.24) is 10.2 Å². The molecule has 26 heavy (non-hydrogen) atoms. The summed E-state index contributed by atoms with van der Waals surface area (Å²) in [6.45, 7) is 2.73. The maximum absolute atomic E-state index is 12.7. The van der Waals surface area contributed by atoms with Gasteiger partial charge in [-0.15, -0.1) is 0 Å². The summed E-state index contributed by atoms with van der Waals surface area (Å²) in [5.74, 6) is 0.963. The second-order valence-electron chi connectivity index (χ2n) is 7.53. The number of piperidine rings is 1. The maximum Gasteiger partial charge on any atom is 0.251 e. The van der Waals surface area contributed by atoms with Gasteiger partial charge in [-0.1, -0.05) is 12.5 Å². The summed E-state index contributed by atoms with van der Waals surface area (Å²) in [6.07, 6.45) is 10.2. The molecule has 1 amide bonds. The van der Waals surface area contributed by atoms with Crippen LogP contribution in [0.2, 0.25) is 0 Å². The quantitative estimate of drug-likeness (QED) is 0.880. The summed E-state index contributed by atoms with van der Waals surface area (Å²) in [6, 6.07) is 10.3. The van der Waals surface area contributed by atoms with Crippen molar-refractivity contribution in [3.8, 4) is 0 Å². The zero-order valence-corrected chi connectivity index (χ0v) is 15.4. The summed E-state index contributed by atoms with van der Waals surface area (Å²) < 4.78 is 5.67. The van der Waals surface area contributed by atoms with Crippen LogP contribution in [0, 0.1) is 0 Å². The Morgan fingerprint density at radius 1 is 1.04 bits per heavy atom. The number of carbonyl (C=O) groups is 1. The Bertz CT molecular complexity index is 733. The van der Waals surface area contributed by atoms with Gasteiger partial charge in [0.2, 0.25) is 0 Å². The van der Waals surface area contributed by atoms with Crippen molar-refractivity contribution in [2.45, 2.75) is 51.0 Å². The molecule has 1 saturated heterocycles. The SMILES string of the molecule is O=C(NCC(c1ccco1)N1CCCCC1)c1ccc2c(c1)CCCC2. The van der Waals surface area contributed by atoms with Gasteiger partial charge in [0.1, 0.15) is 5.76 Å². The van der Waals surface area contributed by atoms with Crippen LogP contribution in [-0.2, 0) is 12.8 Å². The molecule has 1 aliphatic carbocycles. The molecule has 2 aromatic rings. The Balaban J connectivity index is 1.44. The number of hydrogen-bond acceptors (Lipinski definition) is 3. The summed E-state index contributed by atoms with van der Waals surface area (Å²) in [5, 5.41) is 3.15. The van der Waals surface area contributed by atoms with Gasteiger partial charge >= 0.3 is 0 Å². The standard InChI is InChI=1S/C22H28N2O2/c25-22(19-11-10-17-7-2-3-8-18(17)15-19)23-16-20(21-9-6-14-26-21)24-12-4-1-5-13-24/h6,9-11,14-15,20H,1-5,7-8,12-13,16H2,(H,23,25). The molecule has 1 N–H and O–H groups in total. The van der Waals surface area contributed by atoms with Gasteiger partial charge in [0, 0.05) is 12.1 Å². The van der Waals surface area contributed by atoms with Crippen LogP contribution in [0.25, 0.3) is 0 Å². The minimum Gasteiger partial charge on any atom is -0.468 e. The Morgan fingerprint density at radius 3 is 2.62 bits per heavy atom. The minimum absolute atomic E-state index is 0.0203. The van der Waals surface area contributed by atoms with Gasteiger partial charge in [0.05, 0.1) is 12.3 Å². The van der Waals surface area contributed by atoms with E-state index in [-0.39, 0.29) is 11.9 Å². The first-order chi connectivity index (χ1) is 12.8. The lowest BCUT2D eigenvalue weighted by Crippen LogP contribution is -2.40. The van der Waals surface area contributed by atoms with Gasteiger partial charge in [-0.2, -0.15) is 0 Å². The van der Waals surface area contributed by atoms with E-state index in [1.54, 1.807) is 6.26 Å². The topological polar surface area (TPSA) is 45.5 Å². The van der Waals surface area contributed by atoms with E-state index in [0.717, 1.165) is 37.3 Å². The second kappa shape index (κ2) is 8.09. The Morgan fingerprint density at radius 2 is 1.85 bits per heavy atom. The number of furan rings is 1. The van der Waals surface area contributed by atoms with Gasteiger partial charge in [0.15, 0.2) is 0 Å². The number of rotatable bonds is 5. The first-order valence-corrected chi connectivity index (χ1v) is 9.99. The summed E-state index contributed by atoms with van der Waals surface area (Å²) in [5.41, 5.74) is 3.54. The van der Waals surface area contributed by atoms with E-state index >= 15 is 0 Å². The lowest BCUT2D eigenvalue weighted by Gasteiger charge is -2.33. The van der Waals surface area contributed by atoms with Crippen molar-refractivity contribution in [3.63, 3.8) is 0 Å². The molecule has 1 aromatic carbocycles. The number of benzene rings is 1. The molecule has 1 aliphatic heterocycles. The van der Waals surface area contributed by atoms with E-state index in [1.165, 1.54) is 43.2 Å². The highest BCUT2D eigenvalue weighted by Gasteiger charge is 2.25. The fraction of sp³-hybridized carbons (Fsp3) is 0.500. The van der Waals surface area contributed by atoms with Crippen LogP contribution in [0.3, 0.4) is 0 Å². The van der Waals surface area contributed by atoms with Crippen molar-refractivity contribution in [1.29, 1.82) is 0 Å². The Kier molecular flexibility index (Phi) is 5.40. The average Bonchev–Trinajstić information content (AvgIpc) is 3.23. The van der Waals surface area contributed by atoms with E-state index in [4.69, 9.17) is 4.42 Å². The molecule has 1 aromatic heterocycles. The molecule has 0 radical (unpaired) electrons. The lowest BCUT2D eigenvalue weighted by atomic mass is 9.90. The molecule has 1 fully saturated rings. The Labute approximate surface area is 155 Å². The molecule has 4 heteroatoms. The summed E-state index contributed by atoms with van der Waals surface area (Å²) >= 11 is 0. The van der Waals surface area contributed by atoms with E-state index in [0.29, 0.717) is 6.54 Å². The third-order valence-electron chi connectivity index (χ3n) is 5.77. The molecular weight excluding hydrogens is 324 g/mol. The number of nitrogens with one attached hydrogen (secondary N) is 1. The van der Waals surface area contributed by atoms with Gasteiger partial charge < -0.3 is 9.73 Å². The van der Waals surface area contributed by atoms with Gasteiger partial charge in [-0.25, -0.2) is 0 Å². The van der Waals surface area contributed by atoms with Gasteiger partial charge in [0.25, 0.3) is 5.91 Å². The molecule has 0 spiro atoms. The molecular formula is C22H28N2O2. The zero-order valence-electron chi connectivity index (χ0n) is 15.4. The number of carbonyl (C=O) groups excluding carboxylic acids is 1. The highest BCUT2D eigenvalue weighted by atomic mass is 16.3. The van der Waals surface area contributed by atoms with E-state index in [1.807, 2.05) is 18.2 Å². The molecule has 4 rings (SSSR count). The molecule has 4 nitrogen and oxygen atoms in total. The number of fused-ring (bicyclic) bond motifs is 1. The predicted molar refractivity (Wildman–Crippen MR) is 102 cm³/mol. The monoisotopic (exact) mass is 352 g/mol. The Hall–Kier alpha value is -2.07. The minimum atomic E-state index is 0.0203. The molecule has 2 aliphatic rings. The van der Waals surface area contributed by atoms with Crippen molar-refractivity contribution in [3.05, 3.63) is 59.0 Å². The first-order valence-electron chi connectivity index (χ1n) is 9.99. The van der Waals surface area contributed by atoms with Crippen molar-refractivity contribution >= 4 is 5.91 Å². The van der Waals surface area contributed by atoms with Crippen LogP contribution in [0.4, 0.5) is 0 Å². The largest absolute Gasteiger partial charge is 0.468 e. The third-order valence-corrected chi connectivity index (χ3v) is 5.77. The smallest absolute Gasteiger partial charge is 0.251 e.